The van der Waals surface area contributed by atoms with Gasteiger partial charge in [0.25, 0.3) is 11.8 Å². The second-order valence-corrected chi connectivity index (χ2v) is 8.38. The molecule has 1 amide bonds. The summed E-state index contributed by atoms with van der Waals surface area (Å²) in [6, 6.07) is 9.05. The first-order chi connectivity index (χ1) is 15.4. The summed E-state index contributed by atoms with van der Waals surface area (Å²) in [5.74, 6) is 0.0802. The van der Waals surface area contributed by atoms with E-state index in [1.807, 2.05) is 11.4 Å². The number of carbonyl (C=O) groups is 1. The SMILES string of the molecule is O=C(Nc1nn(Cc2nnc(-c3cccs3)o2)c2nc(C(F)(F)F)ccc12)c1cccs1. The number of thiophene rings is 2. The molecule has 8 nitrogen and oxygen atoms in total. The molecule has 5 heterocycles. The number of fused-ring (bicyclic) bond motifs is 1. The Morgan fingerprint density at radius 1 is 1.09 bits per heavy atom. The van der Waals surface area contributed by atoms with Crippen molar-refractivity contribution < 1.29 is 22.4 Å². The number of nitrogens with one attached hydrogen (secondary N) is 1. The van der Waals surface area contributed by atoms with Crippen molar-refractivity contribution in [1.82, 2.24) is 25.0 Å². The van der Waals surface area contributed by atoms with Gasteiger partial charge in [-0.15, -0.1) is 32.9 Å². The molecule has 0 saturated heterocycles. The van der Waals surface area contributed by atoms with Crippen molar-refractivity contribution in [2.24, 2.45) is 0 Å². The maximum Gasteiger partial charge on any atom is 0.433 e. The highest BCUT2D eigenvalue weighted by molar-refractivity contribution is 7.13. The maximum absolute atomic E-state index is 13.2. The Morgan fingerprint density at radius 2 is 1.91 bits per heavy atom. The Balaban J connectivity index is 1.53. The minimum absolute atomic E-state index is 0.0721. The lowest BCUT2D eigenvalue weighted by Gasteiger charge is -2.06. The fraction of sp³-hybridized carbons (Fsp3) is 0.105. The Kier molecular flexibility index (Phi) is 4.98. The van der Waals surface area contributed by atoms with E-state index in [2.05, 4.69) is 25.6 Å². The summed E-state index contributed by atoms with van der Waals surface area (Å²) in [5.41, 5.74) is -1.15. The molecule has 0 unspecified atom stereocenters. The number of anilines is 1. The Hall–Kier alpha value is -3.58. The van der Waals surface area contributed by atoms with Crippen molar-refractivity contribution >= 4 is 45.4 Å². The van der Waals surface area contributed by atoms with Crippen LogP contribution in [-0.2, 0) is 12.7 Å². The molecule has 0 aliphatic carbocycles. The van der Waals surface area contributed by atoms with Gasteiger partial charge in [-0.1, -0.05) is 12.1 Å². The molecule has 5 aromatic heterocycles. The van der Waals surface area contributed by atoms with Crippen LogP contribution in [0, 0.1) is 0 Å². The number of alkyl halides is 3. The Labute approximate surface area is 185 Å². The summed E-state index contributed by atoms with van der Waals surface area (Å²) in [5, 5.41) is 18.7. The molecule has 0 aliphatic rings. The predicted molar refractivity (Wildman–Crippen MR) is 112 cm³/mol. The Bertz CT molecular complexity index is 1390. The van der Waals surface area contributed by atoms with Crippen molar-refractivity contribution in [2.75, 3.05) is 5.32 Å². The van der Waals surface area contributed by atoms with Gasteiger partial charge in [-0.25, -0.2) is 9.67 Å². The van der Waals surface area contributed by atoms with Crippen molar-refractivity contribution in [3.63, 3.8) is 0 Å². The summed E-state index contributed by atoms with van der Waals surface area (Å²) in [6.45, 7) is -0.127. The van der Waals surface area contributed by atoms with Crippen LogP contribution in [0.25, 0.3) is 21.8 Å². The molecule has 5 aromatic rings. The van der Waals surface area contributed by atoms with Crippen LogP contribution in [0.2, 0.25) is 0 Å². The lowest BCUT2D eigenvalue weighted by molar-refractivity contribution is -0.141. The second kappa shape index (κ2) is 7.84. The van der Waals surface area contributed by atoms with Gasteiger partial charge in [-0.05, 0) is 35.0 Å². The molecule has 32 heavy (non-hydrogen) atoms. The van der Waals surface area contributed by atoms with E-state index < -0.39 is 17.8 Å². The third-order valence-electron chi connectivity index (χ3n) is 4.35. The summed E-state index contributed by atoms with van der Waals surface area (Å²) >= 11 is 2.64. The molecule has 0 radical (unpaired) electrons. The van der Waals surface area contributed by atoms with E-state index in [0.29, 0.717) is 10.8 Å². The van der Waals surface area contributed by atoms with Crippen molar-refractivity contribution in [3.05, 3.63) is 63.6 Å². The first-order valence-electron chi connectivity index (χ1n) is 9.04. The summed E-state index contributed by atoms with van der Waals surface area (Å²) < 4.78 is 46.5. The summed E-state index contributed by atoms with van der Waals surface area (Å²) in [4.78, 5) is 17.4. The predicted octanol–water partition coefficient (Wildman–Crippen LogP) is 4.92. The molecular weight excluding hydrogens is 465 g/mol. The molecule has 0 atom stereocenters. The van der Waals surface area contributed by atoms with Crippen molar-refractivity contribution in [2.45, 2.75) is 12.7 Å². The van der Waals surface area contributed by atoms with Gasteiger partial charge in [0.15, 0.2) is 11.5 Å². The smallest absolute Gasteiger partial charge is 0.418 e. The molecule has 0 fully saturated rings. The number of aromatic nitrogens is 5. The first-order valence-corrected chi connectivity index (χ1v) is 10.8. The maximum atomic E-state index is 13.2. The average Bonchev–Trinajstić information content (AvgIpc) is 3.55. The van der Waals surface area contributed by atoms with Crippen LogP contribution in [0.15, 0.2) is 51.6 Å². The van der Waals surface area contributed by atoms with Gasteiger partial charge >= 0.3 is 6.18 Å². The molecule has 1 N–H and O–H groups in total. The van der Waals surface area contributed by atoms with Gasteiger partial charge in [-0.3, -0.25) is 4.79 Å². The van der Waals surface area contributed by atoms with Gasteiger partial charge in [0, 0.05) is 0 Å². The van der Waals surface area contributed by atoms with Crippen molar-refractivity contribution in [3.8, 4) is 10.8 Å². The fourth-order valence-corrected chi connectivity index (χ4v) is 4.20. The van der Waals surface area contributed by atoms with Crippen LogP contribution < -0.4 is 5.32 Å². The third-order valence-corrected chi connectivity index (χ3v) is 6.07. The molecular formula is C19H11F3N6O2S2. The number of hydrogen-bond donors (Lipinski definition) is 1. The molecule has 0 bridgehead atoms. The summed E-state index contributed by atoms with van der Waals surface area (Å²) in [6.07, 6.45) is -4.64. The first kappa shape index (κ1) is 20.3. The quantitative estimate of drug-likeness (QED) is 0.387. The summed E-state index contributed by atoms with van der Waals surface area (Å²) in [7, 11) is 0. The highest BCUT2D eigenvalue weighted by Crippen LogP contribution is 2.31. The number of hydrogen-bond acceptors (Lipinski definition) is 8. The van der Waals surface area contributed by atoms with Crippen molar-refractivity contribution in [1.29, 1.82) is 0 Å². The van der Waals surface area contributed by atoms with E-state index in [9.17, 15) is 18.0 Å². The van der Waals surface area contributed by atoms with Gasteiger partial charge in [-0.2, -0.15) is 18.3 Å². The highest BCUT2D eigenvalue weighted by atomic mass is 32.1. The highest BCUT2D eigenvalue weighted by Gasteiger charge is 2.33. The number of rotatable bonds is 5. The number of nitrogens with zero attached hydrogens (tertiary/aromatic N) is 5. The normalized spacial score (nSPS) is 11.8. The van der Waals surface area contributed by atoms with E-state index in [1.54, 1.807) is 23.6 Å². The van der Waals surface area contributed by atoms with Crippen LogP contribution in [0.3, 0.4) is 0 Å². The standard InChI is InChI=1S/C19H11F3N6O2S2/c20-19(21,22)13-6-5-10-15(24-17(29)11-3-1-7-31-11)27-28(16(10)23-13)9-14-25-26-18(30-14)12-4-2-8-32-12/h1-8H,9H2,(H,24,27,29). The Morgan fingerprint density at radius 3 is 2.62 bits per heavy atom. The van der Waals surface area contributed by atoms with Crippen LogP contribution in [0.5, 0.6) is 0 Å². The van der Waals surface area contributed by atoms with E-state index in [4.69, 9.17) is 4.42 Å². The minimum atomic E-state index is -4.64. The van der Waals surface area contributed by atoms with Gasteiger partial charge in [0.2, 0.25) is 5.89 Å². The fourth-order valence-electron chi connectivity index (χ4n) is 2.93. The second-order valence-electron chi connectivity index (χ2n) is 6.48. The van der Waals surface area contributed by atoms with Crippen LogP contribution >= 0.6 is 22.7 Å². The van der Waals surface area contributed by atoms with E-state index in [1.165, 1.54) is 33.4 Å². The zero-order valence-corrected chi connectivity index (χ0v) is 17.5. The molecule has 162 valence electrons. The molecule has 0 spiro atoms. The molecule has 0 aliphatic heterocycles. The lowest BCUT2D eigenvalue weighted by atomic mass is 10.2. The monoisotopic (exact) mass is 476 g/mol. The van der Waals surface area contributed by atoms with Gasteiger partial charge in [0.05, 0.1) is 15.1 Å². The van der Waals surface area contributed by atoms with Gasteiger partial charge in [0.1, 0.15) is 12.2 Å². The molecule has 0 saturated carbocycles. The minimum Gasteiger partial charge on any atom is -0.418 e. The van der Waals surface area contributed by atoms with E-state index >= 15 is 0 Å². The topological polar surface area (TPSA) is 98.7 Å². The zero-order valence-electron chi connectivity index (χ0n) is 15.8. The lowest BCUT2D eigenvalue weighted by Crippen LogP contribution is -2.11. The third kappa shape index (κ3) is 3.87. The van der Waals surface area contributed by atoms with Crippen LogP contribution in [0.4, 0.5) is 19.0 Å². The van der Waals surface area contributed by atoms with Gasteiger partial charge < -0.3 is 9.73 Å². The zero-order chi connectivity index (χ0) is 22.3. The molecule has 0 aromatic carbocycles. The number of pyridine rings is 1. The molecule has 13 heteroatoms. The number of amides is 1. The van der Waals surface area contributed by atoms with E-state index in [0.717, 1.165) is 10.9 Å². The van der Waals surface area contributed by atoms with Crippen LogP contribution in [-0.4, -0.2) is 30.9 Å². The van der Waals surface area contributed by atoms with Crippen LogP contribution in [0.1, 0.15) is 21.3 Å². The molecule has 5 rings (SSSR count). The number of carbonyl (C=O) groups excluding carboxylic acids is 1. The van der Waals surface area contributed by atoms with E-state index in [-0.39, 0.29) is 29.3 Å². The largest absolute Gasteiger partial charge is 0.433 e. The number of halogens is 3. The average molecular weight is 476 g/mol.